The normalized spacial score (nSPS) is 11.6. The average Bonchev–Trinajstić information content (AvgIpc) is 3.80. The molecule has 262 valence electrons. The number of hydrogen-bond donors (Lipinski definition) is 0. The number of pyridine rings is 3. The Labute approximate surface area is 323 Å². The predicted octanol–water partition coefficient (Wildman–Crippen LogP) is 12.7. The minimum atomic E-state index is 0.915. The molecule has 0 fully saturated rings. The lowest BCUT2D eigenvalue weighted by Crippen LogP contribution is -2.00. The van der Waals surface area contributed by atoms with Crippen LogP contribution in [0.3, 0.4) is 0 Å². The molecule has 6 aromatic carbocycles. The van der Waals surface area contributed by atoms with E-state index in [0.29, 0.717) is 0 Å². The molecule has 0 atom stereocenters. The number of para-hydroxylation sites is 1. The fourth-order valence-electron chi connectivity index (χ4n) is 8.26. The monoisotopic (exact) mass is 715 g/mol. The molecule has 5 nitrogen and oxygen atoms in total. The molecular weight excluding hydrogens is 683 g/mol. The molecule has 0 radical (unpaired) electrons. The summed E-state index contributed by atoms with van der Waals surface area (Å²) in [5.74, 6) is 0. The molecule has 11 aromatic rings. The summed E-state index contributed by atoms with van der Waals surface area (Å²) in [6, 6.07) is 66.4. The molecule has 5 aromatic heterocycles. The van der Waals surface area contributed by atoms with E-state index < -0.39 is 0 Å². The summed E-state index contributed by atoms with van der Waals surface area (Å²) >= 11 is 0. The maximum atomic E-state index is 5.27. The van der Waals surface area contributed by atoms with Crippen LogP contribution in [0.2, 0.25) is 0 Å². The zero-order valence-corrected chi connectivity index (χ0v) is 30.3. The Bertz CT molecular complexity index is 3150. The molecule has 0 amide bonds. The van der Waals surface area contributed by atoms with Crippen molar-refractivity contribution in [3.8, 4) is 56.4 Å². The van der Waals surface area contributed by atoms with Crippen LogP contribution in [0, 0.1) is 0 Å². The molecular formula is C51H33N5. The van der Waals surface area contributed by atoms with Crippen LogP contribution in [0.1, 0.15) is 0 Å². The van der Waals surface area contributed by atoms with Gasteiger partial charge in [0.25, 0.3) is 0 Å². The van der Waals surface area contributed by atoms with Crippen molar-refractivity contribution < 1.29 is 0 Å². The number of hydrogen-bond acceptors (Lipinski definition) is 3. The van der Waals surface area contributed by atoms with E-state index in [1.165, 1.54) is 10.8 Å². The minimum Gasteiger partial charge on any atom is -0.307 e. The van der Waals surface area contributed by atoms with Crippen LogP contribution in [0.4, 0.5) is 0 Å². The molecule has 56 heavy (non-hydrogen) atoms. The lowest BCUT2D eigenvalue weighted by Gasteiger charge is -2.15. The summed E-state index contributed by atoms with van der Waals surface area (Å²) in [5.41, 5.74) is 14.6. The number of nitrogens with zero attached hydrogens (tertiary/aromatic N) is 5. The van der Waals surface area contributed by atoms with Crippen molar-refractivity contribution in [1.29, 1.82) is 0 Å². The van der Waals surface area contributed by atoms with Crippen LogP contribution < -0.4 is 0 Å². The summed E-state index contributed by atoms with van der Waals surface area (Å²) in [4.78, 5) is 14.7. The van der Waals surface area contributed by atoms with Crippen molar-refractivity contribution in [2.45, 2.75) is 0 Å². The Hall–Kier alpha value is -7.63. The topological polar surface area (TPSA) is 48.5 Å². The van der Waals surface area contributed by atoms with E-state index in [1.807, 2.05) is 36.7 Å². The minimum absolute atomic E-state index is 0.915. The Kier molecular flexibility index (Phi) is 7.42. The van der Waals surface area contributed by atoms with Crippen LogP contribution in [0.5, 0.6) is 0 Å². The molecule has 0 aliphatic heterocycles. The van der Waals surface area contributed by atoms with E-state index in [4.69, 9.17) is 15.0 Å². The summed E-state index contributed by atoms with van der Waals surface area (Å²) in [5, 5.41) is 4.66. The Morgan fingerprint density at radius 2 is 0.750 bits per heavy atom. The van der Waals surface area contributed by atoms with Crippen LogP contribution in [0.25, 0.3) is 100 Å². The zero-order chi connectivity index (χ0) is 37.0. The first-order chi connectivity index (χ1) is 27.8. The molecule has 0 spiro atoms. The van der Waals surface area contributed by atoms with E-state index in [2.05, 4.69) is 173 Å². The van der Waals surface area contributed by atoms with Crippen LogP contribution in [0.15, 0.2) is 200 Å². The third-order valence-corrected chi connectivity index (χ3v) is 10.8. The van der Waals surface area contributed by atoms with Crippen molar-refractivity contribution >= 4 is 43.6 Å². The van der Waals surface area contributed by atoms with E-state index in [0.717, 1.165) is 89.2 Å². The predicted molar refractivity (Wildman–Crippen MR) is 230 cm³/mol. The fourth-order valence-corrected chi connectivity index (χ4v) is 8.26. The zero-order valence-electron chi connectivity index (χ0n) is 30.3. The number of fused-ring (bicyclic) bond motifs is 7. The van der Waals surface area contributed by atoms with E-state index >= 15 is 0 Å². The van der Waals surface area contributed by atoms with Gasteiger partial charge in [-0.15, -0.1) is 0 Å². The van der Waals surface area contributed by atoms with Crippen LogP contribution >= 0.6 is 0 Å². The molecule has 5 heterocycles. The lowest BCUT2D eigenvalue weighted by molar-refractivity contribution is 1.14. The fraction of sp³-hybridized carbons (Fsp3) is 0. The van der Waals surface area contributed by atoms with Crippen molar-refractivity contribution in [3.05, 3.63) is 200 Å². The summed E-state index contributed by atoms with van der Waals surface area (Å²) in [6.07, 6.45) is 3.72. The Morgan fingerprint density at radius 1 is 0.304 bits per heavy atom. The molecule has 0 saturated heterocycles. The van der Waals surface area contributed by atoms with Gasteiger partial charge in [0.05, 0.1) is 50.5 Å². The van der Waals surface area contributed by atoms with Crippen molar-refractivity contribution in [2.75, 3.05) is 0 Å². The maximum absolute atomic E-state index is 5.27. The second-order valence-electron chi connectivity index (χ2n) is 14.1. The SMILES string of the molecule is c1ccc(-c2cc(-n3c4ccc(-c5ccccn5)cc4c4ccc5c6cc(-c7ccccn7)ccc6n(-c6ccccc6)c5c43)cc(-c3ccccc3)n2)cc1. The lowest BCUT2D eigenvalue weighted by atomic mass is 10.0. The summed E-state index contributed by atoms with van der Waals surface area (Å²) in [7, 11) is 0. The van der Waals surface area contributed by atoms with Gasteiger partial charge in [0, 0.05) is 61.9 Å². The first kappa shape index (κ1) is 31.9. The summed E-state index contributed by atoms with van der Waals surface area (Å²) in [6.45, 7) is 0. The van der Waals surface area contributed by atoms with Gasteiger partial charge in [-0.2, -0.15) is 0 Å². The average molecular weight is 716 g/mol. The maximum Gasteiger partial charge on any atom is 0.0788 e. The molecule has 0 aliphatic carbocycles. The van der Waals surface area contributed by atoms with Gasteiger partial charge >= 0.3 is 0 Å². The molecule has 0 saturated carbocycles. The first-order valence-corrected chi connectivity index (χ1v) is 18.9. The second kappa shape index (κ2) is 13.0. The standard InChI is InChI=1S/C51H33N5/c1-4-14-34(15-5-1)46-32-39(33-47(54-46)35-16-6-2-7-17-35)56-49-27-23-37(45-21-11-13-29-53-45)31-43(49)41-25-24-40-42-30-36(44-20-10-12-28-52-44)22-26-48(42)55(50(40)51(41)56)38-18-8-3-9-19-38/h1-33H. The molecule has 11 rings (SSSR count). The summed E-state index contributed by atoms with van der Waals surface area (Å²) < 4.78 is 4.88. The van der Waals surface area contributed by atoms with Gasteiger partial charge in [0.15, 0.2) is 0 Å². The molecule has 0 unspecified atom stereocenters. The van der Waals surface area contributed by atoms with Crippen molar-refractivity contribution in [3.63, 3.8) is 0 Å². The molecule has 0 bridgehead atoms. The molecule has 5 heteroatoms. The largest absolute Gasteiger partial charge is 0.307 e. The van der Waals surface area contributed by atoms with E-state index in [9.17, 15) is 0 Å². The van der Waals surface area contributed by atoms with Gasteiger partial charge in [0.2, 0.25) is 0 Å². The Morgan fingerprint density at radius 3 is 1.21 bits per heavy atom. The first-order valence-electron chi connectivity index (χ1n) is 18.9. The highest BCUT2D eigenvalue weighted by atomic mass is 15.0. The van der Waals surface area contributed by atoms with Gasteiger partial charge in [0.1, 0.15) is 0 Å². The highest BCUT2D eigenvalue weighted by Gasteiger charge is 2.23. The van der Waals surface area contributed by atoms with E-state index in [-0.39, 0.29) is 0 Å². The van der Waals surface area contributed by atoms with Crippen molar-refractivity contribution in [2.24, 2.45) is 0 Å². The van der Waals surface area contributed by atoms with Gasteiger partial charge in [-0.25, -0.2) is 4.98 Å². The van der Waals surface area contributed by atoms with Gasteiger partial charge in [-0.3, -0.25) is 9.97 Å². The number of rotatable bonds is 6. The van der Waals surface area contributed by atoms with Gasteiger partial charge in [-0.05, 0) is 72.8 Å². The van der Waals surface area contributed by atoms with Gasteiger partial charge in [-0.1, -0.05) is 115 Å². The smallest absolute Gasteiger partial charge is 0.0788 e. The highest BCUT2D eigenvalue weighted by molar-refractivity contribution is 6.24. The number of benzene rings is 6. The molecule has 0 N–H and O–H groups in total. The third kappa shape index (κ3) is 5.21. The number of aromatic nitrogens is 5. The van der Waals surface area contributed by atoms with Gasteiger partial charge < -0.3 is 9.13 Å². The van der Waals surface area contributed by atoms with E-state index in [1.54, 1.807) is 0 Å². The van der Waals surface area contributed by atoms with Crippen LogP contribution in [-0.2, 0) is 0 Å². The quantitative estimate of drug-likeness (QED) is 0.172. The second-order valence-corrected chi connectivity index (χ2v) is 14.1. The third-order valence-electron chi connectivity index (χ3n) is 10.8. The highest BCUT2D eigenvalue weighted by Crippen LogP contribution is 2.44. The van der Waals surface area contributed by atoms with Crippen LogP contribution in [-0.4, -0.2) is 24.1 Å². The molecule has 0 aliphatic rings. The van der Waals surface area contributed by atoms with Crippen molar-refractivity contribution in [1.82, 2.24) is 24.1 Å². The Balaban J connectivity index is 1.31.